The van der Waals surface area contributed by atoms with Crippen molar-refractivity contribution >= 4 is 0 Å². The molecule has 3 aliphatic carbocycles. The summed E-state index contributed by atoms with van der Waals surface area (Å²) in [7, 11) is 0. The van der Waals surface area contributed by atoms with Gasteiger partial charge in [0, 0.05) is 22.0 Å². The molecule has 290 valence electrons. The number of hydrogen-bond donors (Lipinski definition) is 0. The molecule has 0 saturated carbocycles. The minimum Gasteiger partial charge on any atom is -0.248 e. The summed E-state index contributed by atoms with van der Waals surface area (Å²) in [5.41, 5.74) is 24.3. The van der Waals surface area contributed by atoms with Crippen molar-refractivity contribution in [2.24, 2.45) is 0 Å². The molecule has 0 fully saturated rings. The molecule has 1 spiro atoms. The second-order valence-electron chi connectivity index (χ2n) is 18.2. The first-order valence-corrected chi connectivity index (χ1v) is 21.6. The molecule has 0 amide bonds. The Kier molecular flexibility index (Phi) is 7.61. The molecule has 9 aromatic rings. The van der Waals surface area contributed by atoms with Gasteiger partial charge in [-0.15, -0.1) is 0 Å². The molecule has 0 unspecified atom stereocenters. The highest BCUT2D eigenvalue weighted by molar-refractivity contribution is 5.98. The van der Waals surface area contributed by atoms with Crippen molar-refractivity contribution < 1.29 is 0 Å². The predicted molar refractivity (Wildman–Crippen MR) is 253 cm³/mol. The van der Waals surface area contributed by atoms with Crippen LogP contribution in [0.15, 0.2) is 200 Å². The Morgan fingerprint density at radius 3 is 1.49 bits per heavy atom. The number of hydrogen-bond acceptors (Lipinski definition) is 1. The van der Waals surface area contributed by atoms with Gasteiger partial charge in [-0.3, -0.25) is 0 Å². The quantitative estimate of drug-likeness (QED) is 0.173. The minimum atomic E-state index is -0.525. The molecule has 1 heterocycles. The molecule has 1 nitrogen and oxygen atoms in total. The van der Waals surface area contributed by atoms with E-state index in [0.29, 0.717) is 0 Å². The fourth-order valence-corrected chi connectivity index (χ4v) is 11.5. The molecule has 0 saturated heterocycles. The molecule has 61 heavy (non-hydrogen) atoms. The lowest BCUT2D eigenvalue weighted by molar-refractivity contribution is 0.563. The Labute approximate surface area is 359 Å². The van der Waals surface area contributed by atoms with Gasteiger partial charge in [0.2, 0.25) is 0 Å². The molecule has 0 aliphatic heterocycles. The average Bonchev–Trinajstić information content (AvgIpc) is 3.74. The molecule has 12 rings (SSSR count). The van der Waals surface area contributed by atoms with Crippen LogP contribution in [0.2, 0.25) is 0 Å². The van der Waals surface area contributed by atoms with Crippen LogP contribution in [0.25, 0.3) is 67.0 Å². The maximum Gasteiger partial charge on any atom is 0.0722 e. The maximum absolute atomic E-state index is 5.55. The van der Waals surface area contributed by atoms with Gasteiger partial charge in [-0.05, 0) is 113 Å². The molecule has 0 radical (unpaired) electrons. The lowest BCUT2D eigenvalue weighted by atomic mass is 9.55. The zero-order valence-corrected chi connectivity index (χ0v) is 35.0. The van der Waals surface area contributed by atoms with Gasteiger partial charge in [0.15, 0.2) is 0 Å². The van der Waals surface area contributed by atoms with Crippen LogP contribution in [0, 0.1) is 0 Å². The molecule has 0 atom stereocenters. The summed E-state index contributed by atoms with van der Waals surface area (Å²) < 4.78 is 0. The van der Waals surface area contributed by atoms with E-state index in [1.807, 2.05) is 0 Å². The van der Waals surface area contributed by atoms with E-state index >= 15 is 0 Å². The number of rotatable bonds is 4. The second kappa shape index (κ2) is 13.0. The normalized spacial score (nSPS) is 15.3. The molecule has 8 aromatic carbocycles. The van der Waals surface area contributed by atoms with E-state index in [4.69, 9.17) is 4.98 Å². The largest absolute Gasteiger partial charge is 0.248 e. The highest BCUT2D eigenvalue weighted by Gasteiger charge is 2.54. The van der Waals surface area contributed by atoms with Gasteiger partial charge in [0.05, 0.1) is 16.8 Å². The average molecular weight is 780 g/mol. The number of fused-ring (bicyclic) bond motifs is 12. The zero-order chi connectivity index (χ0) is 41.1. The number of nitrogens with zero attached hydrogens (tertiary/aromatic N) is 1. The van der Waals surface area contributed by atoms with E-state index in [2.05, 4.69) is 228 Å². The topological polar surface area (TPSA) is 12.9 Å². The van der Waals surface area contributed by atoms with Crippen LogP contribution in [-0.4, -0.2) is 4.98 Å². The summed E-state index contributed by atoms with van der Waals surface area (Å²) in [6, 6.07) is 74.7. The van der Waals surface area contributed by atoms with Crippen molar-refractivity contribution in [3.63, 3.8) is 0 Å². The summed E-state index contributed by atoms with van der Waals surface area (Å²) in [4.78, 5) is 5.55. The molecular weight excluding hydrogens is 735 g/mol. The highest BCUT2D eigenvalue weighted by Crippen LogP contribution is 2.64. The van der Waals surface area contributed by atoms with Crippen LogP contribution in [0.1, 0.15) is 72.2 Å². The lowest BCUT2D eigenvalue weighted by Crippen LogP contribution is -2.40. The van der Waals surface area contributed by atoms with Crippen LogP contribution in [0.4, 0.5) is 0 Å². The standard InChI is InChI=1S/C60H45N/c1-58(2)47-24-12-11-22-43(47)44-32-30-41(35-54(44)58)40-31-33-48-46(34-40)57-45(56-37-42(38-18-7-5-8-19-38)36-55(61-56)39-20-9-6-10-21-39)23-17-29-53(57)60(48)51-27-15-13-25-49(51)59(3,4)50-26-14-16-28-52(50)60/h5-37H,1-4H3. The molecule has 1 aromatic heterocycles. The predicted octanol–water partition coefficient (Wildman–Crippen LogP) is 15.1. The Morgan fingerprint density at radius 1 is 0.279 bits per heavy atom. The van der Waals surface area contributed by atoms with Gasteiger partial charge in [0.25, 0.3) is 0 Å². The molecular formula is C60H45N. The third-order valence-electron chi connectivity index (χ3n) is 14.4. The summed E-state index contributed by atoms with van der Waals surface area (Å²) >= 11 is 0. The van der Waals surface area contributed by atoms with Crippen molar-refractivity contribution in [2.75, 3.05) is 0 Å². The SMILES string of the molecule is CC1(C)c2ccccc2-c2ccc(-c3ccc4c(c3)-c3c(-c5cc(-c6ccccc6)cc(-c6ccccc6)n5)cccc3C43c4ccccc4C(C)(C)c4ccccc43)cc21. The third kappa shape index (κ3) is 4.98. The molecule has 1 heteroatoms. The van der Waals surface area contributed by atoms with Crippen LogP contribution >= 0.6 is 0 Å². The summed E-state index contributed by atoms with van der Waals surface area (Å²) in [5, 5.41) is 0. The monoisotopic (exact) mass is 779 g/mol. The first kappa shape index (κ1) is 35.8. The zero-order valence-electron chi connectivity index (χ0n) is 35.0. The van der Waals surface area contributed by atoms with Crippen LogP contribution in [-0.2, 0) is 16.2 Å². The Balaban J connectivity index is 1.16. The van der Waals surface area contributed by atoms with Gasteiger partial charge >= 0.3 is 0 Å². The van der Waals surface area contributed by atoms with E-state index in [-0.39, 0.29) is 10.8 Å². The van der Waals surface area contributed by atoms with Gasteiger partial charge in [-0.25, -0.2) is 4.98 Å². The fourth-order valence-electron chi connectivity index (χ4n) is 11.5. The summed E-state index contributed by atoms with van der Waals surface area (Å²) in [5.74, 6) is 0. The van der Waals surface area contributed by atoms with E-state index in [9.17, 15) is 0 Å². The summed E-state index contributed by atoms with van der Waals surface area (Å²) in [6.07, 6.45) is 0. The first-order valence-electron chi connectivity index (χ1n) is 21.6. The van der Waals surface area contributed by atoms with E-state index in [1.54, 1.807) is 0 Å². The smallest absolute Gasteiger partial charge is 0.0722 e. The number of pyridine rings is 1. The Morgan fingerprint density at radius 2 is 0.787 bits per heavy atom. The minimum absolute atomic E-state index is 0.0866. The molecule has 3 aliphatic rings. The molecule has 0 bridgehead atoms. The van der Waals surface area contributed by atoms with Gasteiger partial charge < -0.3 is 0 Å². The second-order valence-corrected chi connectivity index (χ2v) is 18.2. The van der Waals surface area contributed by atoms with E-state index < -0.39 is 5.41 Å². The van der Waals surface area contributed by atoms with Crippen molar-refractivity contribution in [2.45, 2.75) is 43.9 Å². The van der Waals surface area contributed by atoms with Crippen LogP contribution in [0.5, 0.6) is 0 Å². The van der Waals surface area contributed by atoms with Crippen LogP contribution in [0.3, 0.4) is 0 Å². The number of aromatic nitrogens is 1. The van der Waals surface area contributed by atoms with Crippen molar-refractivity contribution in [3.8, 4) is 67.0 Å². The van der Waals surface area contributed by atoms with Gasteiger partial charge in [-0.2, -0.15) is 0 Å². The van der Waals surface area contributed by atoms with Crippen molar-refractivity contribution in [3.05, 3.63) is 245 Å². The molecule has 0 N–H and O–H groups in total. The summed E-state index contributed by atoms with van der Waals surface area (Å²) in [6.45, 7) is 9.53. The van der Waals surface area contributed by atoms with E-state index in [1.165, 1.54) is 83.5 Å². The van der Waals surface area contributed by atoms with Gasteiger partial charge in [0.1, 0.15) is 0 Å². The van der Waals surface area contributed by atoms with Crippen molar-refractivity contribution in [1.82, 2.24) is 4.98 Å². The Hall–Kier alpha value is -7.09. The lowest BCUT2D eigenvalue weighted by Gasteiger charge is -2.46. The fraction of sp³-hybridized carbons (Fsp3) is 0.117. The maximum atomic E-state index is 5.55. The van der Waals surface area contributed by atoms with Crippen LogP contribution < -0.4 is 0 Å². The third-order valence-corrected chi connectivity index (χ3v) is 14.4. The van der Waals surface area contributed by atoms with E-state index in [0.717, 1.165) is 28.1 Å². The highest BCUT2D eigenvalue weighted by atomic mass is 14.7. The van der Waals surface area contributed by atoms with Crippen molar-refractivity contribution in [1.29, 1.82) is 0 Å². The first-order chi connectivity index (χ1) is 29.8. The number of benzene rings is 8. The van der Waals surface area contributed by atoms with Gasteiger partial charge in [-0.1, -0.05) is 204 Å². The Bertz CT molecular complexity index is 3130.